The first-order chi connectivity index (χ1) is 12.1. The number of unbranched alkanes of at least 4 members (excludes halogenated alkanes) is 2. The molecule has 0 saturated carbocycles. The Hall–Kier alpha value is -1.71. The van der Waals surface area contributed by atoms with Crippen LogP contribution in [0.4, 0.5) is 0 Å². The average Bonchev–Trinajstić information content (AvgIpc) is 2.61. The first kappa shape index (κ1) is 19.6. The molecule has 0 aliphatic rings. The predicted molar refractivity (Wildman–Crippen MR) is 105 cm³/mol. The minimum atomic E-state index is 0.489. The highest BCUT2D eigenvalue weighted by atomic mass is 35.5. The zero-order valence-electron chi connectivity index (χ0n) is 15.4. The molecule has 25 heavy (non-hydrogen) atoms. The van der Waals surface area contributed by atoms with E-state index in [1.165, 1.54) is 24.8 Å². The number of ether oxygens (including phenoxy) is 2. The maximum absolute atomic E-state index is 6.43. The molecule has 0 fully saturated rings. The monoisotopic (exact) mass is 361 g/mol. The van der Waals surface area contributed by atoms with Crippen molar-refractivity contribution in [3.05, 3.63) is 58.1 Å². The van der Waals surface area contributed by atoms with E-state index in [0.29, 0.717) is 23.1 Å². The van der Waals surface area contributed by atoms with E-state index in [1.807, 2.05) is 18.2 Å². The molecule has 1 N–H and O–H groups in total. The zero-order valence-corrected chi connectivity index (χ0v) is 16.2. The van der Waals surface area contributed by atoms with Crippen LogP contribution in [0.3, 0.4) is 0 Å². The average molecular weight is 362 g/mol. The van der Waals surface area contributed by atoms with Crippen molar-refractivity contribution in [2.75, 3.05) is 13.7 Å². The number of halogens is 1. The SMILES string of the molecule is CCCCCNCc1cc(OC)c(OCc2cccc(C)c2)cc1Cl. The summed E-state index contributed by atoms with van der Waals surface area (Å²) in [6, 6.07) is 12.1. The number of benzene rings is 2. The molecule has 2 aromatic rings. The molecule has 2 aromatic carbocycles. The van der Waals surface area contributed by atoms with Crippen molar-refractivity contribution in [1.82, 2.24) is 5.32 Å². The van der Waals surface area contributed by atoms with Crippen molar-refractivity contribution < 1.29 is 9.47 Å². The van der Waals surface area contributed by atoms with E-state index in [4.69, 9.17) is 21.1 Å². The van der Waals surface area contributed by atoms with Gasteiger partial charge in [0.1, 0.15) is 6.61 Å². The lowest BCUT2D eigenvalue weighted by Crippen LogP contribution is -2.15. The Labute approximate surface area is 156 Å². The molecule has 0 saturated heterocycles. The second-order valence-electron chi connectivity index (χ2n) is 6.26. The Bertz CT molecular complexity index is 673. The fourth-order valence-corrected chi connectivity index (χ4v) is 2.89. The summed E-state index contributed by atoms with van der Waals surface area (Å²) in [7, 11) is 1.65. The zero-order chi connectivity index (χ0) is 18.1. The summed E-state index contributed by atoms with van der Waals surface area (Å²) in [5, 5.41) is 4.13. The molecule has 3 nitrogen and oxygen atoms in total. The van der Waals surface area contributed by atoms with Crippen molar-refractivity contribution in [2.45, 2.75) is 46.3 Å². The van der Waals surface area contributed by atoms with Crippen LogP contribution in [-0.4, -0.2) is 13.7 Å². The van der Waals surface area contributed by atoms with Gasteiger partial charge in [-0.3, -0.25) is 0 Å². The van der Waals surface area contributed by atoms with Crippen LogP contribution in [0.15, 0.2) is 36.4 Å². The van der Waals surface area contributed by atoms with Gasteiger partial charge in [-0.25, -0.2) is 0 Å². The van der Waals surface area contributed by atoms with Gasteiger partial charge in [0.15, 0.2) is 11.5 Å². The van der Waals surface area contributed by atoms with E-state index in [0.717, 1.165) is 24.2 Å². The van der Waals surface area contributed by atoms with E-state index >= 15 is 0 Å². The summed E-state index contributed by atoms with van der Waals surface area (Å²) < 4.78 is 11.4. The van der Waals surface area contributed by atoms with Gasteiger partial charge in [0, 0.05) is 17.6 Å². The fraction of sp³-hybridized carbons (Fsp3) is 0.429. The molecule has 0 unspecified atom stereocenters. The molecule has 0 aliphatic heterocycles. The highest BCUT2D eigenvalue weighted by molar-refractivity contribution is 6.31. The minimum absolute atomic E-state index is 0.489. The third kappa shape index (κ3) is 6.26. The van der Waals surface area contributed by atoms with E-state index in [2.05, 4.69) is 37.4 Å². The van der Waals surface area contributed by atoms with Crippen LogP contribution in [0.1, 0.15) is 42.9 Å². The number of methoxy groups -OCH3 is 1. The Kier molecular flexibility index (Phi) is 8.10. The smallest absolute Gasteiger partial charge is 0.163 e. The number of nitrogens with one attached hydrogen (secondary N) is 1. The largest absolute Gasteiger partial charge is 0.493 e. The lowest BCUT2D eigenvalue weighted by atomic mass is 10.1. The molecule has 4 heteroatoms. The van der Waals surface area contributed by atoms with E-state index in [1.54, 1.807) is 7.11 Å². The van der Waals surface area contributed by atoms with Gasteiger partial charge in [0.2, 0.25) is 0 Å². The van der Waals surface area contributed by atoms with Crippen molar-refractivity contribution in [3.63, 3.8) is 0 Å². The van der Waals surface area contributed by atoms with Gasteiger partial charge < -0.3 is 14.8 Å². The minimum Gasteiger partial charge on any atom is -0.493 e. The Balaban J connectivity index is 2.00. The van der Waals surface area contributed by atoms with Crippen LogP contribution in [-0.2, 0) is 13.2 Å². The lowest BCUT2D eigenvalue weighted by Gasteiger charge is -2.14. The molecule has 0 bridgehead atoms. The summed E-state index contributed by atoms with van der Waals surface area (Å²) in [5.74, 6) is 1.38. The van der Waals surface area contributed by atoms with Crippen molar-refractivity contribution in [3.8, 4) is 11.5 Å². The van der Waals surface area contributed by atoms with Crippen molar-refractivity contribution in [1.29, 1.82) is 0 Å². The molecule has 0 aliphatic carbocycles. The van der Waals surface area contributed by atoms with E-state index in [-0.39, 0.29) is 0 Å². The number of aryl methyl sites for hydroxylation is 1. The second kappa shape index (κ2) is 10.3. The third-order valence-electron chi connectivity index (χ3n) is 4.08. The molecular weight excluding hydrogens is 334 g/mol. The van der Waals surface area contributed by atoms with Crippen molar-refractivity contribution >= 4 is 11.6 Å². The fourth-order valence-electron chi connectivity index (χ4n) is 2.67. The Morgan fingerprint density at radius 1 is 1.08 bits per heavy atom. The van der Waals surface area contributed by atoms with Crippen LogP contribution in [0.25, 0.3) is 0 Å². The molecule has 0 amide bonds. The molecule has 136 valence electrons. The summed E-state index contributed by atoms with van der Waals surface area (Å²) >= 11 is 6.43. The van der Waals surface area contributed by atoms with Gasteiger partial charge in [0.05, 0.1) is 7.11 Å². The van der Waals surface area contributed by atoms with Crippen LogP contribution in [0.5, 0.6) is 11.5 Å². The summed E-state index contributed by atoms with van der Waals surface area (Å²) in [6.07, 6.45) is 3.65. The molecule has 2 rings (SSSR count). The van der Waals surface area contributed by atoms with E-state index in [9.17, 15) is 0 Å². The van der Waals surface area contributed by atoms with Gasteiger partial charge in [-0.05, 0) is 37.1 Å². The van der Waals surface area contributed by atoms with Gasteiger partial charge in [-0.1, -0.05) is 61.2 Å². The van der Waals surface area contributed by atoms with Crippen LogP contribution >= 0.6 is 11.6 Å². The molecule has 0 radical (unpaired) electrons. The van der Waals surface area contributed by atoms with Crippen LogP contribution in [0.2, 0.25) is 5.02 Å². The summed E-state index contributed by atoms with van der Waals surface area (Å²) in [5.41, 5.74) is 3.37. The van der Waals surface area contributed by atoms with Crippen LogP contribution in [0, 0.1) is 6.92 Å². The molecule has 0 aromatic heterocycles. The van der Waals surface area contributed by atoms with Gasteiger partial charge in [-0.2, -0.15) is 0 Å². The molecular formula is C21H28ClNO2. The van der Waals surface area contributed by atoms with Crippen molar-refractivity contribution in [2.24, 2.45) is 0 Å². The normalized spacial score (nSPS) is 10.7. The number of hydrogen-bond acceptors (Lipinski definition) is 3. The third-order valence-corrected chi connectivity index (χ3v) is 4.43. The lowest BCUT2D eigenvalue weighted by molar-refractivity contribution is 0.284. The maximum Gasteiger partial charge on any atom is 0.163 e. The Morgan fingerprint density at radius 3 is 2.64 bits per heavy atom. The first-order valence-corrected chi connectivity index (χ1v) is 9.27. The topological polar surface area (TPSA) is 30.5 Å². The predicted octanol–water partition coefficient (Wildman–Crippen LogP) is 5.52. The first-order valence-electron chi connectivity index (χ1n) is 8.89. The quantitative estimate of drug-likeness (QED) is 0.565. The van der Waals surface area contributed by atoms with E-state index < -0.39 is 0 Å². The molecule has 0 heterocycles. The molecule has 0 spiro atoms. The maximum atomic E-state index is 6.43. The standard InChI is InChI=1S/C21H28ClNO2/c1-4-5-6-10-23-14-18-12-20(24-3)21(13-19(18)22)25-15-17-9-7-8-16(2)11-17/h7-9,11-13,23H,4-6,10,14-15H2,1-3H3. The molecule has 0 atom stereocenters. The summed E-state index contributed by atoms with van der Waals surface area (Å²) in [6.45, 7) is 6.50. The van der Waals surface area contributed by atoms with Crippen LogP contribution < -0.4 is 14.8 Å². The second-order valence-corrected chi connectivity index (χ2v) is 6.66. The van der Waals surface area contributed by atoms with Gasteiger partial charge in [0.25, 0.3) is 0 Å². The highest BCUT2D eigenvalue weighted by Gasteiger charge is 2.11. The van der Waals surface area contributed by atoms with Gasteiger partial charge >= 0.3 is 0 Å². The Morgan fingerprint density at radius 2 is 1.92 bits per heavy atom. The number of hydrogen-bond donors (Lipinski definition) is 1. The summed E-state index contributed by atoms with van der Waals surface area (Å²) in [4.78, 5) is 0. The highest BCUT2D eigenvalue weighted by Crippen LogP contribution is 2.34. The van der Waals surface area contributed by atoms with Gasteiger partial charge in [-0.15, -0.1) is 0 Å². The number of rotatable bonds is 10.